The van der Waals surface area contributed by atoms with E-state index < -0.39 is 8.80 Å². The molecule has 0 aromatic heterocycles. The Kier molecular flexibility index (Phi) is 10.6. The molecule has 1 fully saturated rings. The second kappa shape index (κ2) is 11.6. The zero-order chi connectivity index (χ0) is 15.4. The van der Waals surface area contributed by atoms with Crippen LogP contribution >= 0.6 is 0 Å². The zero-order valence-electron chi connectivity index (χ0n) is 14.3. The molecular weight excluding hydrogens is 282 g/mol. The first-order chi connectivity index (χ1) is 10.3. The van der Waals surface area contributed by atoms with Crippen molar-refractivity contribution >= 4 is 8.80 Å². The van der Waals surface area contributed by atoms with Gasteiger partial charge in [0.1, 0.15) is 0 Å². The van der Waals surface area contributed by atoms with Crippen molar-refractivity contribution in [3.05, 3.63) is 0 Å². The number of nitrogens with one attached hydrogen (secondary N) is 1. The minimum absolute atomic E-state index is 0.923. The smallest absolute Gasteiger partial charge is 0.377 e. The summed E-state index contributed by atoms with van der Waals surface area (Å²) in [6.45, 7) is 2.39. The van der Waals surface area contributed by atoms with Crippen LogP contribution in [-0.2, 0) is 13.3 Å². The Bertz CT molecular complexity index is 235. The van der Waals surface area contributed by atoms with E-state index in [2.05, 4.69) is 5.32 Å². The van der Waals surface area contributed by atoms with Crippen LogP contribution in [0.4, 0.5) is 0 Å². The van der Waals surface area contributed by atoms with E-state index in [1.54, 1.807) is 21.3 Å². The lowest BCUT2D eigenvalue weighted by Crippen LogP contribution is -2.42. The van der Waals surface area contributed by atoms with Gasteiger partial charge in [0.15, 0.2) is 0 Å². The highest BCUT2D eigenvalue weighted by Crippen LogP contribution is 2.22. The molecule has 1 aliphatic carbocycles. The molecule has 126 valence electrons. The van der Waals surface area contributed by atoms with Crippen LogP contribution in [0.3, 0.4) is 0 Å². The molecule has 0 amide bonds. The van der Waals surface area contributed by atoms with Gasteiger partial charge in [-0.1, -0.05) is 32.1 Å². The predicted octanol–water partition coefficient (Wildman–Crippen LogP) is 3.59. The topological polar surface area (TPSA) is 39.7 Å². The van der Waals surface area contributed by atoms with Gasteiger partial charge >= 0.3 is 8.80 Å². The second-order valence-corrected chi connectivity index (χ2v) is 9.26. The average molecular weight is 318 g/mol. The van der Waals surface area contributed by atoms with Gasteiger partial charge in [-0.2, -0.15) is 0 Å². The van der Waals surface area contributed by atoms with Crippen LogP contribution < -0.4 is 5.32 Å². The summed E-state index contributed by atoms with van der Waals surface area (Å²) in [5.74, 6) is 0.940. The maximum atomic E-state index is 5.43. The van der Waals surface area contributed by atoms with Crippen molar-refractivity contribution in [2.24, 2.45) is 5.92 Å². The molecule has 0 aromatic rings. The third-order valence-corrected chi connectivity index (χ3v) is 7.51. The van der Waals surface area contributed by atoms with Gasteiger partial charge in [-0.3, -0.25) is 0 Å². The predicted molar refractivity (Wildman–Crippen MR) is 89.5 cm³/mol. The fraction of sp³-hybridized carbons (Fsp3) is 1.00. The molecule has 1 saturated carbocycles. The molecule has 0 aromatic carbocycles. The van der Waals surface area contributed by atoms with Crippen LogP contribution in [0.5, 0.6) is 0 Å². The molecule has 0 unspecified atom stereocenters. The molecular formula is C16H35NO3Si. The molecule has 4 nitrogen and oxygen atoms in total. The van der Waals surface area contributed by atoms with E-state index in [1.165, 1.54) is 57.9 Å². The molecule has 0 aliphatic heterocycles. The van der Waals surface area contributed by atoms with Crippen LogP contribution in [0.15, 0.2) is 0 Å². The van der Waals surface area contributed by atoms with Gasteiger partial charge < -0.3 is 18.6 Å². The highest BCUT2D eigenvalue weighted by Gasteiger charge is 2.36. The van der Waals surface area contributed by atoms with Crippen molar-refractivity contribution in [1.82, 2.24) is 5.32 Å². The van der Waals surface area contributed by atoms with E-state index >= 15 is 0 Å². The Morgan fingerprint density at radius 3 is 2.10 bits per heavy atom. The number of rotatable bonds is 12. The Hall–Kier alpha value is 0.0569. The average Bonchev–Trinajstić information content (AvgIpc) is 2.55. The van der Waals surface area contributed by atoms with Gasteiger partial charge in [0, 0.05) is 27.4 Å². The fourth-order valence-electron chi connectivity index (χ4n) is 3.20. The first-order valence-corrected chi connectivity index (χ1v) is 10.6. The van der Waals surface area contributed by atoms with Crippen LogP contribution in [0, 0.1) is 5.92 Å². The Morgan fingerprint density at radius 2 is 1.48 bits per heavy atom. The van der Waals surface area contributed by atoms with E-state index in [4.69, 9.17) is 13.3 Å². The van der Waals surface area contributed by atoms with Gasteiger partial charge in [-0.25, -0.2) is 0 Å². The first-order valence-electron chi connectivity index (χ1n) is 8.62. The standard InChI is InChI=1S/C16H35NO3Si/c1-18-21(19-2,20-3)14-10-5-4-9-13-17-15-16-11-7-6-8-12-16/h16-17H,4-15H2,1-3H3. The summed E-state index contributed by atoms with van der Waals surface area (Å²) in [7, 11) is 2.74. The third kappa shape index (κ3) is 7.75. The maximum Gasteiger partial charge on any atom is 0.500 e. The lowest BCUT2D eigenvalue weighted by molar-refractivity contribution is 0.122. The third-order valence-electron chi connectivity index (χ3n) is 4.68. The lowest BCUT2D eigenvalue weighted by atomic mass is 9.89. The molecule has 1 aliphatic rings. The van der Waals surface area contributed by atoms with E-state index in [-0.39, 0.29) is 0 Å². The largest absolute Gasteiger partial charge is 0.500 e. The molecule has 21 heavy (non-hydrogen) atoms. The molecule has 0 bridgehead atoms. The van der Waals surface area contributed by atoms with Crippen LogP contribution in [0.25, 0.3) is 0 Å². The Labute approximate surface area is 132 Å². The first kappa shape index (κ1) is 19.1. The summed E-state index contributed by atoms with van der Waals surface area (Å²) >= 11 is 0. The molecule has 0 atom stereocenters. The van der Waals surface area contributed by atoms with Crippen LogP contribution in [0.2, 0.25) is 6.04 Å². The van der Waals surface area contributed by atoms with Crippen LogP contribution in [0.1, 0.15) is 57.8 Å². The van der Waals surface area contributed by atoms with E-state index in [0.29, 0.717) is 0 Å². The van der Waals surface area contributed by atoms with Crippen molar-refractivity contribution in [1.29, 1.82) is 0 Å². The van der Waals surface area contributed by atoms with Crippen molar-refractivity contribution < 1.29 is 13.3 Å². The Morgan fingerprint density at radius 1 is 0.857 bits per heavy atom. The van der Waals surface area contributed by atoms with Gasteiger partial charge in [0.2, 0.25) is 0 Å². The van der Waals surface area contributed by atoms with E-state index in [1.807, 2.05) is 0 Å². The summed E-state index contributed by atoms with van der Waals surface area (Å²) in [5.41, 5.74) is 0. The molecule has 0 spiro atoms. The molecule has 5 heteroatoms. The number of hydrogen-bond donors (Lipinski definition) is 1. The second-order valence-electron chi connectivity index (χ2n) is 6.17. The van der Waals surface area contributed by atoms with E-state index in [0.717, 1.165) is 24.9 Å². The van der Waals surface area contributed by atoms with Gasteiger partial charge in [0.25, 0.3) is 0 Å². The van der Waals surface area contributed by atoms with Crippen molar-refractivity contribution in [3.8, 4) is 0 Å². The monoisotopic (exact) mass is 317 g/mol. The van der Waals surface area contributed by atoms with Crippen molar-refractivity contribution in [2.75, 3.05) is 34.4 Å². The zero-order valence-corrected chi connectivity index (χ0v) is 15.3. The SMILES string of the molecule is CO[Si](CCCCCCNCC1CCCCC1)(OC)OC. The summed E-state index contributed by atoms with van der Waals surface area (Å²) in [5, 5.41) is 3.63. The summed E-state index contributed by atoms with van der Waals surface area (Å²) in [4.78, 5) is 0. The number of hydrogen-bond acceptors (Lipinski definition) is 4. The van der Waals surface area contributed by atoms with E-state index in [9.17, 15) is 0 Å². The van der Waals surface area contributed by atoms with Crippen LogP contribution in [-0.4, -0.2) is 43.2 Å². The van der Waals surface area contributed by atoms with Crippen molar-refractivity contribution in [3.63, 3.8) is 0 Å². The normalized spacial score (nSPS) is 17.3. The molecule has 1 rings (SSSR count). The summed E-state index contributed by atoms with van der Waals surface area (Å²) in [6.07, 6.45) is 12.1. The van der Waals surface area contributed by atoms with Gasteiger partial charge in [-0.15, -0.1) is 0 Å². The molecule has 0 heterocycles. The summed E-state index contributed by atoms with van der Waals surface area (Å²) in [6, 6.07) is 0.923. The molecule has 0 radical (unpaired) electrons. The van der Waals surface area contributed by atoms with Gasteiger partial charge in [-0.05, 0) is 44.7 Å². The highest BCUT2D eigenvalue weighted by atomic mass is 28.4. The molecule has 1 N–H and O–H groups in total. The summed E-state index contributed by atoms with van der Waals surface area (Å²) < 4.78 is 16.3. The van der Waals surface area contributed by atoms with Crippen molar-refractivity contribution in [2.45, 2.75) is 63.8 Å². The minimum atomic E-state index is -2.33. The lowest BCUT2D eigenvalue weighted by Gasteiger charge is -2.24. The highest BCUT2D eigenvalue weighted by molar-refractivity contribution is 6.60. The van der Waals surface area contributed by atoms with Gasteiger partial charge in [0.05, 0.1) is 0 Å². The molecule has 0 saturated heterocycles. The Balaban J connectivity index is 1.92. The quantitative estimate of drug-likeness (QED) is 0.441. The minimum Gasteiger partial charge on any atom is -0.377 e. The number of unbranched alkanes of at least 4 members (excludes halogenated alkanes) is 3. The fourth-order valence-corrected chi connectivity index (χ4v) is 4.99. The maximum absolute atomic E-state index is 5.43.